The Bertz CT molecular complexity index is 668. The first kappa shape index (κ1) is 12.3. The van der Waals surface area contributed by atoms with Crippen LogP contribution >= 0.6 is 0 Å². The molecule has 2 heteroatoms. The van der Waals surface area contributed by atoms with E-state index < -0.39 is 5.54 Å². The summed E-state index contributed by atoms with van der Waals surface area (Å²) in [4.78, 5) is 4.15. The van der Waals surface area contributed by atoms with Crippen LogP contribution in [0.5, 0.6) is 0 Å². The average molecular weight is 258 g/mol. The van der Waals surface area contributed by atoms with Gasteiger partial charge in [-0.2, -0.15) is 0 Å². The normalized spacial score (nSPS) is 10.9. The molecule has 0 unspecified atom stereocenters. The third-order valence-electron chi connectivity index (χ3n) is 3.48. The van der Waals surface area contributed by atoms with Crippen LogP contribution in [-0.2, 0) is 5.54 Å². The fraction of sp³-hybridized carbons (Fsp3) is 0.0556. The predicted octanol–water partition coefficient (Wildman–Crippen LogP) is 3.31. The SMILES string of the molecule is C#CC(c1ccccc1)(c1ccccc1)n1ccnc1. The van der Waals surface area contributed by atoms with Crippen LogP contribution in [0.25, 0.3) is 0 Å². The van der Waals surface area contributed by atoms with E-state index in [1.807, 2.05) is 71.4 Å². The summed E-state index contributed by atoms with van der Waals surface area (Å²) < 4.78 is 1.97. The smallest absolute Gasteiger partial charge is 0.157 e. The van der Waals surface area contributed by atoms with Crippen molar-refractivity contribution in [2.45, 2.75) is 5.54 Å². The number of hydrogen-bond donors (Lipinski definition) is 0. The van der Waals surface area contributed by atoms with Crippen LogP contribution in [0.3, 0.4) is 0 Å². The molecule has 96 valence electrons. The van der Waals surface area contributed by atoms with Gasteiger partial charge in [-0.15, -0.1) is 6.42 Å². The van der Waals surface area contributed by atoms with Gasteiger partial charge in [0.05, 0.1) is 6.33 Å². The van der Waals surface area contributed by atoms with Gasteiger partial charge >= 0.3 is 0 Å². The molecule has 1 heterocycles. The van der Waals surface area contributed by atoms with Gasteiger partial charge in [-0.1, -0.05) is 66.6 Å². The molecule has 0 aliphatic rings. The minimum Gasteiger partial charge on any atom is -0.312 e. The van der Waals surface area contributed by atoms with Crippen molar-refractivity contribution in [1.29, 1.82) is 0 Å². The number of imidazole rings is 1. The molecular weight excluding hydrogens is 244 g/mol. The molecule has 0 saturated heterocycles. The number of terminal acetylenes is 1. The maximum absolute atomic E-state index is 5.96. The highest BCUT2D eigenvalue weighted by atomic mass is 15.1. The third-order valence-corrected chi connectivity index (χ3v) is 3.48. The molecule has 20 heavy (non-hydrogen) atoms. The van der Waals surface area contributed by atoms with Gasteiger partial charge in [-0.25, -0.2) is 4.98 Å². The molecule has 0 N–H and O–H groups in total. The van der Waals surface area contributed by atoms with Crippen molar-refractivity contribution in [2.24, 2.45) is 0 Å². The summed E-state index contributed by atoms with van der Waals surface area (Å²) in [6, 6.07) is 20.2. The summed E-state index contributed by atoms with van der Waals surface area (Å²) in [7, 11) is 0. The Morgan fingerprint density at radius 3 is 1.85 bits per heavy atom. The largest absolute Gasteiger partial charge is 0.312 e. The van der Waals surface area contributed by atoms with Gasteiger partial charge in [0.1, 0.15) is 0 Å². The molecule has 0 aliphatic heterocycles. The number of benzene rings is 2. The van der Waals surface area contributed by atoms with Crippen LogP contribution in [0.2, 0.25) is 0 Å². The summed E-state index contributed by atoms with van der Waals surface area (Å²) in [5, 5.41) is 0. The topological polar surface area (TPSA) is 17.8 Å². The van der Waals surface area contributed by atoms with Crippen molar-refractivity contribution >= 4 is 0 Å². The number of rotatable bonds is 3. The van der Waals surface area contributed by atoms with E-state index in [4.69, 9.17) is 6.42 Å². The first-order chi connectivity index (χ1) is 9.88. The predicted molar refractivity (Wildman–Crippen MR) is 80.1 cm³/mol. The minimum atomic E-state index is -0.668. The van der Waals surface area contributed by atoms with Gasteiger partial charge in [0, 0.05) is 12.4 Å². The molecule has 0 bridgehead atoms. The van der Waals surface area contributed by atoms with Crippen molar-refractivity contribution in [3.63, 3.8) is 0 Å². The number of nitrogens with zero attached hydrogens (tertiary/aromatic N) is 2. The van der Waals surface area contributed by atoms with E-state index in [1.54, 1.807) is 12.5 Å². The third kappa shape index (κ3) is 1.81. The molecule has 2 nitrogen and oxygen atoms in total. The summed E-state index contributed by atoms with van der Waals surface area (Å²) in [5.41, 5.74) is 1.43. The second kappa shape index (κ2) is 5.07. The maximum Gasteiger partial charge on any atom is 0.157 e. The first-order valence-electron chi connectivity index (χ1n) is 6.45. The molecule has 2 aromatic carbocycles. The highest BCUT2D eigenvalue weighted by Gasteiger charge is 2.33. The Balaban J connectivity index is 2.31. The van der Waals surface area contributed by atoms with E-state index in [0.29, 0.717) is 0 Å². The average Bonchev–Trinajstić information content (AvgIpc) is 3.06. The lowest BCUT2D eigenvalue weighted by Crippen LogP contribution is -2.33. The Hall–Kier alpha value is -2.79. The highest BCUT2D eigenvalue weighted by Crippen LogP contribution is 2.33. The molecule has 0 fully saturated rings. The van der Waals surface area contributed by atoms with Crippen LogP contribution in [0.15, 0.2) is 79.4 Å². The molecule has 0 aliphatic carbocycles. The monoisotopic (exact) mass is 258 g/mol. The molecule has 0 saturated carbocycles. The second-order valence-corrected chi connectivity index (χ2v) is 4.56. The van der Waals surface area contributed by atoms with Crippen molar-refractivity contribution in [3.05, 3.63) is 90.5 Å². The zero-order valence-corrected chi connectivity index (χ0v) is 11.0. The van der Waals surface area contributed by atoms with Crippen LogP contribution in [-0.4, -0.2) is 9.55 Å². The van der Waals surface area contributed by atoms with Gasteiger partial charge in [-0.3, -0.25) is 0 Å². The van der Waals surface area contributed by atoms with Crippen LogP contribution in [0, 0.1) is 12.3 Å². The minimum absolute atomic E-state index is 0.668. The van der Waals surface area contributed by atoms with Crippen molar-refractivity contribution in [1.82, 2.24) is 9.55 Å². The summed E-state index contributed by atoms with van der Waals surface area (Å²) in [6.45, 7) is 0. The van der Waals surface area contributed by atoms with E-state index in [2.05, 4.69) is 10.9 Å². The van der Waals surface area contributed by atoms with E-state index in [9.17, 15) is 0 Å². The fourth-order valence-electron chi connectivity index (χ4n) is 2.52. The molecule has 3 rings (SSSR count). The molecule has 0 spiro atoms. The summed E-state index contributed by atoms with van der Waals surface area (Å²) in [6.07, 6.45) is 11.4. The number of aromatic nitrogens is 2. The fourth-order valence-corrected chi connectivity index (χ4v) is 2.52. The number of hydrogen-bond acceptors (Lipinski definition) is 1. The quantitative estimate of drug-likeness (QED) is 0.659. The van der Waals surface area contributed by atoms with Gasteiger partial charge in [0.25, 0.3) is 0 Å². The molecular formula is C18H14N2. The molecule has 0 atom stereocenters. The van der Waals surface area contributed by atoms with Gasteiger partial charge in [0.2, 0.25) is 0 Å². The zero-order chi connectivity index (χ0) is 13.8. The van der Waals surface area contributed by atoms with Crippen molar-refractivity contribution < 1.29 is 0 Å². The van der Waals surface area contributed by atoms with E-state index >= 15 is 0 Å². The Morgan fingerprint density at radius 2 is 1.45 bits per heavy atom. The standard InChI is InChI=1S/C18H14N2/c1-2-18(20-14-13-19-15-20,16-9-5-3-6-10-16)17-11-7-4-8-12-17/h1,3-15H. The van der Waals surface area contributed by atoms with E-state index in [1.165, 1.54) is 0 Å². The van der Waals surface area contributed by atoms with E-state index in [-0.39, 0.29) is 0 Å². The molecule has 1 aromatic heterocycles. The van der Waals surface area contributed by atoms with Crippen molar-refractivity contribution in [3.8, 4) is 12.3 Å². The molecule has 0 amide bonds. The first-order valence-corrected chi connectivity index (χ1v) is 6.45. The van der Waals surface area contributed by atoms with Gasteiger partial charge in [0.15, 0.2) is 5.54 Å². The van der Waals surface area contributed by atoms with Crippen LogP contribution in [0.4, 0.5) is 0 Å². The second-order valence-electron chi connectivity index (χ2n) is 4.56. The lowest BCUT2D eigenvalue weighted by Gasteiger charge is -2.31. The lowest BCUT2D eigenvalue weighted by molar-refractivity contribution is 0.555. The molecule has 0 radical (unpaired) electrons. The Kier molecular flexibility index (Phi) is 3.10. The zero-order valence-electron chi connectivity index (χ0n) is 11.0. The maximum atomic E-state index is 5.96. The molecule has 3 aromatic rings. The Labute approximate surface area is 118 Å². The highest BCUT2D eigenvalue weighted by molar-refractivity contribution is 5.47. The summed E-state index contributed by atoms with van der Waals surface area (Å²) in [5.74, 6) is 2.97. The lowest BCUT2D eigenvalue weighted by atomic mass is 9.83. The summed E-state index contributed by atoms with van der Waals surface area (Å²) >= 11 is 0. The van der Waals surface area contributed by atoms with Gasteiger partial charge < -0.3 is 4.57 Å². The van der Waals surface area contributed by atoms with Crippen molar-refractivity contribution in [2.75, 3.05) is 0 Å². The van der Waals surface area contributed by atoms with Crippen LogP contribution in [0.1, 0.15) is 11.1 Å². The van der Waals surface area contributed by atoms with Gasteiger partial charge in [-0.05, 0) is 11.1 Å². The van der Waals surface area contributed by atoms with E-state index in [0.717, 1.165) is 11.1 Å². The Morgan fingerprint density at radius 1 is 0.900 bits per heavy atom. The van der Waals surface area contributed by atoms with Crippen LogP contribution < -0.4 is 0 Å².